The van der Waals surface area contributed by atoms with Crippen LogP contribution in [0.25, 0.3) is 11.4 Å². The highest BCUT2D eigenvalue weighted by Gasteiger charge is 2.47. The molecule has 130 valence electrons. The summed E-state index contributed by atoms with van der Waals surface area (Å²) < 4.78 is 1.96. The minimum Gasteiger partial charge on any atom is -0.240 e. The van der Waals surface area contributed by atoms with E-state index in [1.807, 2.05) is 0 Å². The van der Waals surface area contributed by atoms with Crippen molar-refractivity contribution < 1.29 is 0 Å². The van der Waals surface area contributed by atoms with E-state index in [1.54, 1.807) is 0 Å². The van der Waals surface area contributed by atoms with Crippen LogP contribution >= 0.6 is 45.2 Å². The van der Waals surface area contributed by atoms with Crippen LogP contribution in [0.5, 0.6) is 0 Å². The van der Waals surface area contributed by atoms with Crippen LogP contribution in [0, 0.1) is 7.40 Å². The molecule has 0 saturated heterocycles. The average molecular weight is 572 g/mol. The van der Waals surface area contributed by atoms with Crippen LogP contribution in [0.2, 0.25) is 0 Å². The molecule has 0 aliphatic heterocycles. The Balaban J connectivity index is 1.98. The zero-order valence-electron chi connectivity index (χ0n) is 14.2. The maximum Gasteiger partial charge on any atom is 0.102 e. The number of aromatic nitrogens is 2. The molecule has 4 aromatic rings. The molecule has 0 fully saturated rings. The van der Waals surface area contributed by atoms with Gasteiger partial charge in [0.25, 0.3) is 0 Å². The zero-order chi connectivity index (χ0) is 18.4. The number of rotatable bonds is 2. The van der Waals surface area contributed by atoms with E-state index in [9.17, 15) is 0 Å². The van der Waals surface area contributed by atoms with Gasteiger partial charge in [0.2, 0.25) is 0 Å². The first kappa shape index (κ1) is 17.3. The van der Waals surface area contributed by atoms with Gasteiger partial charge in [-0.3, -0.25) is 0 Å². The Labute approximate surface area is 185 Å². The average Bonchev–Trinajstić information content (AvgIpc) is 2.99. The summed E-state index contributed by atoms with van der Waals surface area (Å²) in [5.74, 6) is 0. The number of pyridine rings is 2. The highest BCUT2D eigenvalue weighted by Crippen LogP contribution is 2.54. The standard InChI is InChI=1S/C23H14I2N2/c24-19-13-11-17-21(26-19)22-18(12-14-20(25)27-22)23(17,15-7-3-1-4-8-15)16-9-5-2-6-10-16/h1-14H. The molecular formula is C23H14I2N2. The summed E-state index contributed by atoms with van der Waals surface area (Å²) in [7, 11) is 0. The topological polar surface area (TPSA) is 25.8 Å². The molecule has 1 aliphatic carbocycles. The van der Waals surface area contributed by atoms with Crippen LogP contribution in [-0.2, 0) is 5.41 Å². The van der Waals surface area contributed by atoms with E-state index in [4.69, 9.17) is 9.97 Å². The van der Waals surface area contributed by atoms with Gasteiger partial charge in [-0.1, -0.05) is 72.8 Å². The van der Waals surface area contributed by atoms with E-state index in [2.05, 4.69) is 130 Å². The van der Waals surface area contributed by atoms with Gasteiger partial charge in [0, 0.05) is 0 Å². The molecule has 0 radical (unpaired) electrons. The van der Waals surface area contributed by atoms with Gasteiger partial charge in [-0.05, 0) is 79.6 Å². The first-order valence-corrected chi connectivity index (χ1v) is 10.8. The van der Waals surface area contributed by atoms with Crippen molar-refractivity contribution in [3.8, 4) is 11.4 Å². The number of hydrogen-bond donors (Lipinski definition) is 0. The number of fused-ring (bicyclic) bond motifs is 3. The van der Waals surface area contributed by atoms with Crippen molar-refractivity contribution in [1.82, 2.24) is 9.97 Å². The number of hydrogen-bond acceptors (Lipinski definition) is 2. The molecule has 0 saturated carbocycles. The fraction of sp³-hybridized carbons (Fsp3) is 0.0435. The van der Waals surface area contributed by atoms with E-state index in [0.717, 1.165) is 18.8 Å². The quantitative estimate of drug-likeness (QED) is 0.190. The third-order valence-electron chi connectivity index (χ3n) is 5.17. The van der Waals surface area contributed by atoms with Crippen LogP contribution in [0.3, 0.4) is 0 Å². The minimum atomic E-state index is -0.401. The Bertz CT molecular complexity index is 1050. The number of nitrogens with zero attached hydrogens (tertiary/aromatic N) is 2. The highest BCUT2D eigenvalue weighted by atomic mass is 127. The van der Waals surface area contributed by atoms with E-state index < -0.39 is 5.41 Å². The fourth-order valence-corrected chi connectivity index (χ4v) is 4.99. The number of halogens is 2. The highest BCUT2D eigenvalue weighted by molar-refractivity contribution is 14.1. The van der Waals surface area contributed by atoms with Gasteiger partial charge in [0.15, 0.2) is 0 Å². The molecule has 2 aromatic carbocycles. The third-order valence-corrected chi connectivity index (χ3v) is 6.37. The minimum absolute atomic E-state index is 0.401. The molecule has 0 unspecified atom stereocenters. The van der Waals surface area contributed by atoms with Gasteiger partial charge in [-0.15, -0.1) is 0 Å². The molecule has 5 rings (SSSR count). The molecule has 2 heterocycles. The lowest BCUT2D eigenvalue weighted by Crippen LogP contribution is -2.28. The summed E-state index contributed by atoms with van der Waals surface area (Å²) in [5, 5.41) is 0. The van der Waals surface area contributed by atoms with Crippen LogP contribution in [-0.4, -0.2) is 9.97 Å². The summed E-state index contributed by atoms with van der Waals surface area (Å²) in [6, 6.07) is 30.0. The molecule has 2 nitrogen and oxygen atoms in total. The molecule has 0 N–H and O–H groups in total. The van der Waals surface area contributed by atoms with Crippen LogP contribution in [0.4, 0.5) is 0 Å². The molecule has 27 heavy (non-hydrogen) atoms. The molecule has 4 heteroatoms. The molecule has 0 bridgehead atoms. The lowest BCUT2D eigenvalue weighted by atomic mass is 9.68. The van der Waals surface area contributed by atoms with E-state index >= 15 is 0 Å². The monoisotopic (exact) mass is 572 g/mol. The van der Waals surface area contributed by atoms with Gasteiger partial charge in [-0.25, -0.2) is 9.97 Å². The second kappa shape index (κ2) is 6.67. The summed E-state index contributed by atoms with van der Waals surface area (Å²) in [6.45, 7) is 0. The van der Waals surface area contributed by atoms with E-state index in [0.29, 0.717) is 0 Å². The van der Waals surface area contributed by atoms with Crippen LogP contribution in [0.15, 0.2) is 84.9 Å². The van der Waals surface area contributed by atoms with E-state index in [-0.39, 0.29) is 0 Å². The second-order valence-electron chi connectivity index (χ2n) is 6.54. The van der Waals surface area contributed by atoms with Crippen LogP contribution in [0.1, 0.15) is 22.3 Å². The first-order valence-electron chi connectivity index (χ1n) is 8.67. The second-order valence-corrected chi connectivity index (χ2v) is 8.75. The summed E-state index contributed by atoms with van der Waals surface area (Å²) >= 11 is 4.56. The smallest absolute Gasteiger partial charge is 0.102 e. The predicted octanol–water partition coefficient (Wildman–Crippen LogP) is 6.05. The van der Waals surface area contributed by atoms with Crippen molar-refractivity contribution in [2.75, 3.05) is 0 Å². The fourth-order valence-electron chi connectivity index (χ4n) is 4.15. The zero-order valence-corrected chi connectivity index (χ0v) is 18.5. The van der Waals surface area contributed by atoms with Crippen molar-refractivity contribution in [1.29, 1.82) is 0 Å². The number of benzene rings is 2. The largest absolute Gasteiger partial charge is 0.240 e. The van der Waals surface area contributed by atoms with Crippen molar-refractivity contribution in [3.05, 3.63) is 115 Å². The maximum atomic E-state index is 4.90. The Hall–Kier alpha value is -1.80. The Morgan fingerprint density at radius 2 is 0.926 bits per heavy atom. The van der Waals surface area contributed by atoms with Crippen molar-refractivity contribution in [2.24, 2.45) is 0 Å². The van der Waals surface area contributed by atoms with Gasteiger partial charge >= 0.3 is 0 Å². The van der Waals surface area contributed by atoms with Gasteiger partial charge in [0.1, 0.15) is 7.40 Å². The van der Waals surface area contributed by atoms with Gasteiger partial charge in [-0.2, -0.15) is 0 Å². The summed E-state index contributed by atoms with van der Waals surface area (Å²) in [4.78, 5) is 9.81. The van der Waals surface area contributed by atoms with Crippen molar-refractivity contribution >= 4 is 45.2 Å². The Morgan fingerprint density at radius 1 is 0.519 bits per heavy atom. The van der Waals surface area contributed by atoms with E-state index in [1.165, 1.54) is 22.3 Å². The normalized spacial score (nSPS) is 13.9. The SMILES string of the molecule is Ic1ccc2c(n1)-c1nc(I)ccc1C2(c1ccccc1)c1ccccc1. The molecule has 0 spiro atoms. The molecule has 1 aliphatic rings. The van der Waals surface area contributed by atoms with Crippen molar-refractivity contribution in [2.45, 2.75) is 5.41 Å². The lowest BCUT2D eigenvalue weighted by molar-refractivity contribution is 0.764. The van der Waals surface area contributed by atoms with Gasteiger partial charge < -0.3 is 0 Å². The predicted molar refractivity (Wildman–Crippen MR) is 125 cm³/mol. The maximum absolute atomic E-state index is 4.90. The Kier molecular flexibility index (Phi) is 4.27. The van der Waals surface area contributed by atoms with Crippen LogP contribution < -0.4 is 0 Å². The van der Waals surface area contributed by atoms with Gasteiger partial charge in [0.05, 0.1) is 16.8 Å². The molecule has 0 atom stereocenters. The third kappa shape index (κ3) is 2.56. The molecule has 2 aromatic heterocycles. The van der Waals surface area contributed by atoms with Crippen molar-refractivity contribution in [3.63, 3.8) is 0 Å². The Morgan fingerprint density at radius 3 is 1.33 bits per heavy atom. The summed E-state index contributed by atoms with van der Waals surface area (Å²) in [5.41, 5.74) is 6.45. The molecular weight excluding hydrogens is 558 g/mol. The summed E-state index contributed by atoms with van der Waals surface area (Å²) in [6.07, 6.45) is 0. The first-order chi connectivity index (χ1) is 13.2. The molecule has 0 amide bonds. The lowest BCUT2D eigenvalue weighted by Gasteiger charge is -2.33.